The van der Waals surface area contributed by atoms with Gasteiger partial charge >= 0.3 is 0 Å². The fourth-order valence-corrected chi connectivity index (χ4v) is 4.44. The molecule has 1 amide bonds. The molecule has 2 aromatic carbocycles. The highest BCUT2D eigenvalue weighted by Crippen LogP contribution is 2.29. The molecule has 0 fully saturated rings. The lowest BCUT2D eigenvalue weighted by Gasteiger charge is -2.21. The number of nitrogens with one attached hydrogen (secondary N) is 1. The summed E-state index contributed by atoms with van der Waals surface area (Å²) in [6.07, 6.45) is 0. The van der Waals surface area contributed by atoms with Crippen LogP contribution in [0.15, 0.2) is 47.6 Å². The summed E-state index contributed by atoms with van der Waals surface area (Å²) in [4.78, 5) is 12.7. The molecule has 30 heavy (non-hydrogen) atoms. The van der Waals surface area contributed by atoms with Crippen molar-refractivity contribution in [1.29, 1.82) is 0 Å². The van der Waals surface area contributed by atoms with Gasteiger partial charge in [0, 0.05) is 28.4 Å². The van der Waals surface area contributed by atoms with Crippen LogP contribution in [0.4, 0.5) is 0 Å². The highest BCUT2D eigenvalue weighted by molar-refractivity contribution is 7.98. The van der Waals surface area contributed by atoms with E-state index in [4.69, 9.17) is 23.2 Å². The molecule has 158 valence electrons. The summed E-state index contributed by atoms with van der Waals surface area (Å²) in [5.74, 6) is 1.38. The molecule has 0 aliphatic heterocycles. The maximum Gasteiger partial charge on any atom is 0.251 e. The number of amides is 1. The molecule has 3 aromatic rings. The van der Waals surface area contributed by atoms with Crippen LogP contribution in [0.3, 0.4) is 0 Å². The highest BCUT2D eigenvalue weighted by Gasteiger charge is 2.25. The Hall–Kier alpha value is -2.02. The quantitative estimate of drug-likeness (QED) is 0.447. The lowest BCUT2D eigenvalue weighted by molar-refractivity contribution is 0.0922. The molecule has 0 saturated heterocycles. The molecule has 0 saturated carbocycles. The molecule has 3 rings (SSSR count). The highest BCUT2D eigenvalue weighted by atomic mass is 35.5. The van der Waals surface area contributed by atoms with Crippen molar-refractivity contribution in [2.24, 2.45) is 13.0 Å². The summed E-state index contributed by atoms with van der Waals surface area (Å²) in [6, 6.07) is 12.7. The summed E-state index contributed by atoms with van der Waals surface area (Å²) in [5, 5.41) is 13.8. The second-order valence-electron chi connectivity index (χ2n) is 7.49. The predicted octanol–water partition coefficient (Wildman–Crippen LogP) is 5.85. The van der Waals surface area contributed by atoms with E-state index in [1.54, 1.807) is 6.07 Å². The number of halogens is 2. The van der Waals surface area contributed by atoms with Gasteiger partial charge in [-0.05, 0) is 42.7 Å². The Kier molecular flexibility index (Phi) is 7.45. The second-order valence-corrected chi connectivity index (χ2v) is 9.27. The van der Waals surface area contributed by atoms with Crippen LogP contribution in [0, 0.1) is 12.8 Å². The first kappa shape index (κ1) is 22.7. The normalized spacial score (nSPS) is 12.2. The summed E-state index contributed by atoms with van der Waals surface area (Å²) in [7, 11) is 1.91. The van der Waals surface area contributed by atoms with Crippen LogP contribution in [0.5, 0.6) is 0 Å². The Balaban J connectivity index is 1.75. The molecule has 1 aromatic heterocycles. The Morgan fingerprint density at radius 2 is 1.83 bits per heavy atom. The fraction of sp³-hybridized carbons (Fsp3) is 0.318. The largest absolute Gasteiger partial charge is 0.342 e. The van der Waals surface area contributed by atoms with Gasteiger partial charge in [-0.25, -0.2) is 0 Å². The van der Waals surface area contributed by atoms with Crippen LogP contribution in [0.2, 0.25) is 10.0 Å². The van der Waals surface area contributed by atoms with E-state index >= 15 is 0 Å². The van der Waals surface area contributed by atoms with Gasteiger partial charge in [0.25, 0.3) is 5.91 Å². The predicted molar refractivity (Wildman–Crippen MR) is 123 cm³/mol. The van der Waals surface area contributed by atoms with Gasteiger partial charge in [-0.15, -0.1) is 10.2 Å². The number of hydrogen-bond acceptors (Lipinski definition) is 4. The second kappa shape index (κ2) is 9.86. The van der Waals surface area contributed by atoms with Gasteiger partial charge in [-0.2, -0.15) is 0 Å². The summed E-state index contributed by atoms with van der Waals surface area (Å²) >= 11 is 13.8. The molecule has 0 spiro atoms. The molecule has 0 bridgehead atoms. The van der Waals surface area contributed by atoms with E-state index in [0.717, 1.165) is 22.1 Å². The molecule has 0 aliphatic carbocycles. The topological polar surface area (TPSA) is 59.8 Å². The number of benzene rings is 2. The van der Waals surface area contributed by atoms with E-state index in [1.807, 2.05) is 54.9 Å². The number of nitrogens with zero attached hydrogens (tertiary/aromatic N) is 3. The first-order valence-corrected chi connectivity index (χ1v) is 11.3. The van der Waals surface area contributed by atoms with Crippen molar-refractivity contribution in [1.82, 2.24) is 20.1 Å². The zero-order chi connectivity index (χ0) is 21.8. The van der Waals surface area contributed by atoms with Crippen molar-refractivity contribution in [2.45, 2.75) is 37.7 Å². The molecule has 0 aliphatic rings. The first-order chi connectivity index (χ1) is 14.3. The summed E-state index contributed by atoms with van der Waals surface area (Å²) in [5.41, 5.74) is 2.71. The van der Waals surface area contributed by atoms with Gasteiger partial charge in [-0.3, -0.25) is 4.79 Å². The average molecular weight is 463 g/mol. The van der Waals surface area contributed by atoms with Crippen molar-refractivity contribution >= 4 is 40.9 Å². The molecule has 8 heteroatoms. The molecule has 5 nitrogen and oxygen atoms in total. The number of aryl methyl sites for hydroxylation is 1. The molecule has 1 unspecified atom stereocenters. The van der Waals surface area contributed by atoms with Crippen molar-refractivity contribution in [3.05, 3.63) is 75.0 Å². The van der Waals surface area contributed by atoms with Crippen molar-refractivity contribution < 1.29 is 4.79 Å². The Morgan fingerprint density at radius 1 is 1.13 bits per heavy atom. The molecule has 1 N–H and O–H groups in total. The van der Waals surface area contributed by atoms with E-state index < -0.39 is 0 Å². The van der Waals surface area contributed by atoms with Gasteiger partial charge in [0.05, 0.1) is 6.04 Å². The Labute approximate surface area is 191 Å². The maximum atomic E-state index is 12.7. The minimum absolute atomic E-state index is 0.126. The van der Waals surface area contributed by atoms with Gasteiger partial charge in [0.15, 0.2) is 11.0 Å². The van der Waals surface area contributed by atoms with Crippen LogP contribution < -0.4 is 5.32 Å². The summed E-state index contributed by atoms with van der Waals surface area (Å²) < 4.78 is 1.93. The van der Waals surface area contributed by atoms with E-state index in [-0.39, 0.29) is 17.9 Å². The van der Waals surface area contributed by atoms with E-state index in [9.17, 15) is 4.79 Å². The molecular formula is C22H24Cl2N4OS. The van der Waals surface area contributed by atoms with E-state index in [0.29, 0.717) is 21.4 Å². The van der Waals surface area contributed by atoms with Gasteiger partial charge in [0.2, 0.25) is 0 Å². The maximum absolute atomic E-state index is 12.7. The number of carbonyl (C=O) groups is 1. The third-order valence-corrected chi connectivity index (χ3v) is 6.44. The number of hydrogen-bond donors (Lipinski definition) is 1. The first-order valence-electron chi connectivity index (χ1n) is 9.59. The number of carbonyl (C=O) groups excluding carboxylic acids is 1. The molecule has 0 radical (unpaired) electrons. The zero-order valence-corrected chi connectivity index (χ0v) is 19.6. The van der Waals surface area contributed by atoms with Crippen molar-refractivity contribution in [3.8, 4) is 0 Å². The number of rotatable bonds is 7. The minimum Gasteiger partial charge on any atom is -0.342 e. The van der Waals surface area contributed by atoms with Crippen molar-refractivity contribution in [2.75, 3.05) is 0 Å². The lowest BCUT2D eigenvalue weighted by atomic mass is 10.0. The fourth-order valence-electron chi connectivity index (χ4n) is 2.96. The van der Waals surface area contributed by atoms with Gasteiger partial charge in [0.1, 0.15) is 0 Å². The number of thioether (sulfide) groups is 1. The van der Waals surface area contributed by atoms with Crippen LogP contribution in [-0.2, 0) is 12.8 Å². The smallest absolute Gasteiger partial charge is 0.251 e. The van der Waals surface area contributed by atoms with Crippen LogP contribution in [-0.4, -0.2) is 20.7 Å². The SMILES string of the molecule is Cc1ccc(C(=O)NC(c2nnc(SCc3ccc(Cl)cc3Cl)n2C)C(C)C)cc1. The zero-order valence-electron chi connectivity index (χ0n) is 17.3. The monoisotopic (exact) mass is 462 g/mol. The van der Waals surface area contributed by atoms with Crippen LogP contribution >= 0.6 is 35.0 Å². The Morgan fingerprint density at radius 3 is 2.47 bits per heavy atom. The standard InChI is InChI=1S/C22H24Cl2N4OS/c1-13(2)19(25-21(29)15-7-5-14(3)6-8-15)20-26-27-22(28(20)4)30-12-16-9-10-17(23)11-18(16)24/h5-11,13,19H,12H2,1-4H3,(H,25,29). The van der Waals surface area contributed by atoms with Crippen LogP contribution in [0.1, 0.15) is 47.2 Å². The van der Waals surface area contributed by atoms with Gasteiger partial charge in [-0.1, -0.05) is 72.6 Å². The van der Waals surface area contributed by atoms with E-state index in [2.05, 4.69) is 29.4 Å². The molecule has 1 heterocycles. The lowest BCUT2D eigenvalue weighted by Crippen LogP contribution is -2.33. The summed E-state index contributed by atoms with van der Waals surface area (Å²) in [6.45, 7) is 6.10. The van der Waals surface area contributed by atoms with Crippen molar-refractivity contribution in [3.63, 3.8) is 0 Å². The molecular weight excluding hydrogens is 439 g/mol. The number of aromatic nitrogens is 3. The van der Waals surface area contributed by atoms with Crippen LogP contribution in [0.25, 0.3) is 0 Å². The molecule has 1 atom stereocenters. The average Bonchev–Trinajstić information content (AvgIpc) is 3.06. The van der Waals surface area contributed by atoms with E-state index in [1.165, 1.54) is 11.8 Å². The van der Waals surface area contributed by atoms with Gasteiger partial charge < -0.3 is 9.88 Å². The minimum atomic E-state index is -0.259. The third-order valence-electron chi connectivity index (χ3n) is 4.79. The Bertz CT molecular complexity index is 1030. The third kappa shape index (κ3) is 5.36.